The van der Waals surface area contributed by atoms with Crippen LogP contribution in [0.5, 0.6) is 5.75 Å². The smallest absolute Gasteiger partial charge is 0.202 e. The SMILES string of the molecule is COc1cccc(N2C(=S)N=C(Nc3ccccc3C)C23CCOC(C)(C)C3)c1. The molecule has 0 amide bonds. The summed E-state index contributed by atoms with van der Waals surface area (Å²) < 4.78 is 11.5. The van der Waals surface area contributed by atoms with Gasteiger partial charge in [-0.15, -0.1) is 0 Å². The van der Waals surface area contributed by atoms with Gasteiger partial charge in [0.25, 0.3) is 0 Å². The van der Waals surface area contributed by atoms with Gasteiger partial charge in [0.05, 0.1) is 12.7 Å². The van der Waals surface area contributed by atoms with Gasteiger partial charge >= 0.3 is 0 Å². The molecule has 1 unspecified atom stereocenters. The molecule has 2 aliphatic rings. The summed E-state index contributed by atoms with van der Waals surface area (Å²) in [4.78, 5) is 7.02. The van der Waals surface area contributed by atoms with Crippen molar-refractivity contribution in [2.75, 3.05) is 23.9 Å². The van der Waals surface area contributed by atoms with Crippen LogP contribution in [0.2, 0.25) is 0 Å². The monoisotopic (exact) mass is 409 g/mol. The van der Waals surface area contributed by atoms with Gasteiger partial charge in [0, 0.05) is 36.9 Å². The van der Waals surface area contributed by atoms with Crippen molar-refractivity contribution in [2.45, 2.75) is 44.8 Å². The number of benzene rings is 2. The molecule has 0 saturated carbocycles. The van der Waals surface area contributed by atoms with Gasteiger partial charge in [0.2, 0.25) is 5.11 Å². The van der Waals surface area contributed by atoms with Crippen LogP contribution in [-0.2, 0) is 4.74 Å². The summed E-state index contributed by atoms with van der Waals surface area (Å²) in [7, 11) is 1.68. The van der Waals surface area contributed by atoms with Gasteiger partial charge in [-0.25, -0.2) is 4.99 Å². The zero-order chi connectivity index (χ0) is 20.6. The zero-order valence-electron chi connectivity index (χ0n) is 17.4. The predicted octanol–water partition coefficient (Wildman–Crippen LogP) is 4.95. The zero-order valence-corrected chi connectivity index (χ0v) is 18.2. The second-order valence-corrected chi connectivity index (χ2v) is 8.65. The molecule has 1 N–H and O–H groups in total. The number of aryl methyl sites for hydroxylation is 1. The number of nitrogens with one attached hydrogen (secondary N) is 1. The molecule has 5 nitrogen and oxygen atoms in total. The van der Waals surface area contributed by atoms with E-state index in [1.54, 1.807) is 7.11 Å². The first kappa shape index (κ1) is 19.9. The average molecular weight is 410 g/mol. The lowest BCUT2D eigenvalue weighted by molar-refractivity contribution is -0.0661. The molecule has 2 aromatic carbocycles. The molecular weight excluding hydrogens is 382 g/mol. The van der Waals surface area contributed by atoms with Crippen LogP contribution in [0.3, 0.4) is 0 Å². The molecule has 2 heterocycles. The van der Waals surface area contributed by atoms with E-state index in [9.17, 15) is 0 Å². The third kappa shape index (κ3) is 3.63. The Morgan fingerprint density at radius 3 is 2.69 bits per heavy atom. The van der Waals surface area contributed by atoms with E-state index in [1.165, 1.54) is 5.56 Å². The Hall–Kier alpha value is -2.44. The van der Waals surface area contributed by atoms with E-state index in [-0.39, 0.29) is 5.60 Å². The number of aliphatic imine (C=N–C) groups is 1. The first-order valence-corrected chi connectivity index (χ1v) is 10.3. The molecule has 2 aromatic rings. The van der Waals surface area contributed by atoms with Crippen molar-refractivity contribution in [1.29, 1.82) is 0 Å². The number of ether oxygens (including phenoxy) is 2. The normalized spacial score (nSPS) is 23.2. The van der Waals surface area contributed by atoms with Crippen molar-refractivity contribution in [1.82, 2.24) is 0 Å². The number of para-hydroxylation sites is 1. The number of hydrogen-bond acceptors (Lipinski definition) is 4. The lowest BCUT2D eigenvalue weighted by atomic mass is 9.79. The minimum absolute atomic E-state index is 0.288. The molecule has 0 aromatic heterocycles. The Bertz CT molecular complexity index is 972. The Morgan fingerprint density at radius 2 is 1.97 bits per heavy atom. The maximum Gasteiger partial charge on any atom is 0.202 e. The summed E-state index contributed by atoms with van der Waals surface area (Å²) in [6.07, 6.45) is 1.57. The van der Waals surface area contributed by atoms with Crippen molar-refractivity contribution in [3.8, 4) is 5.75 Å². The number of nitrogens with zero attached hydrogens (tertiary/aromatic N) is 2. The van der Waals surface area contributed by atoms with Crippen molar-refractivity contribution in [2.24, 2.45) is 4.99 Å². The average Bonchev–Trinajstić information content (AvgIpc) is 2.93. The van der Waals surface area contributed by atoms with Crippen molar-refractivity contribution >= 4 is 34.5 Å². The van der Waals surface area contributed by atoms with Gasteiger partial charge in [-0.05, 0) is 56.8 Å². The molecule has 1 atom stereocenters. The maximum atomic E-state index is 6.06. The lowest BCUT2D eigenvalue weighted by Gasteiger charge is -2.48. The first-order valence-electron chi connectivity index (χ1n) is 9.89. The van der Waals surface area contributed by atoms with Crippen LogP contribution in [0.25, 0.3) is 0 Å². The van der Waals surface area contributed by atoms with Gasteiger partial charge < -0.3 is 19.7 Å². The van der Waals surface area contributed by atoms with Crippen molar-refractivity contribution in [3.63, 3.8) is 0 Å². The number of anilines is 2. The molecule has 6 heteroatoms. The summed E-state index contributed by atoms with van der Waals surface area (Å²) in [5.41, 5.74) is 2.52. The number of hydrogen-bond donors (Lipinski definition) is 1. The molecule has 2 aliphatic heterocycles. The highest BCUT2D eigenvalue weighted by atomic mass is 32.1. The molecule has 1 fully saturated rings. The van der Waals surface area contributed by atoms with Crippen LogP contribution in [0, 0.1) is 6.92 Å². The van der Waals surface area contributed by atoms with Crippen LogP contribution < -0.4 is 15.0 Å². The van der Waals surface area contributed by atoms with Crippen LogP contribution in [0.15, 0.2) is 53.5 Å². The third-order valence-corrected chi connectivity index (χ3v) is 5.98. The van der Waals surface area contributed by atoms with Gasteiger partial charge in [-0.1, -0.05) is 24.3 Å². The summed E-state index contributed by atoms with van der Waals surface area (Å²) in [6.45, 7) is 7.00. The molecule has 4 rings (SSSR count). The minimum atomic E-state index is -0.395. The molecule has 29 heavy (non-hydrogen) atoms. The molecule has 0 bridgehead atoms. The fourth-order valence-corrected chi connectivity index (χ4v) is 4.74. The largest absolute Gasteiger partial charge is 0.497 e. The van der Waals surface area contributed by atoms with E-state index in [0.717, 1.165) is 35.8 Å². The molecule has 0 radical (unpaired) electrons. The molecule has 1 spiro atoms. The van der Waals surface area contributed by atoms with Crippen LogP contribution in [0.1, 0.15) is 32.3 Å². The second-order valence-electron chi connectivity index (χ2n) is 8.29. The standard InChI is InChI=1S/C23H27N3O2S/c1-16-8-5-6-11-19(16)24-20-23(12-13-28-22(2,3)15-23)26(21(29)25-20)17-9-7-10-18(14-17)27-4/h5-11,14H,12-13,15H2,1-4H3,(H,24,25,29). The second kappa shape index (κ2) is 7.43. The van der Waals surface area contributed by atoms with E-state index in [1.807, 2.05) is 30.3 Å². The minimum Gasteiger partial charge on any atom is -0.497 e. The highest BCUT2D eigenvalue weighted by Gasteiger charge is 2.53. The van der Waals surface area contributed by atoms with Crippen LogP contribution in [0.4, 0.5) is 11.4 Å². The summed E-state index contributed by atoms with van der Waals surface area (Å²) >= 11 is 5.77. The maximum absolute atomic E-state index is 6.06. The lowest BCUT2D eigenvalue weighted by Crippen LogP contribution is -2.60. The Balaban J connectivity index is 1.80. The Labute approximate surface area is 177 Å². The molecule has 0 aliphatic carbocycles. The Kier molecular flexibility index (Phi) is 5.09. The Morgan fingerprint density at radius 1 is 1.17 bits per heavy atom. The van der Waals surface area contributed by atoms with Gasteiger partial charge in [0.1, 0.15) is 17.1 Å². The van der Waals surface area contributed by atoms with E-state index < -0.39 is 5.54 Å². The van der Waals surface area contributed by atoms with E-state index in [4.69, 9.17) is 26.7 Å². The highest BCUT2D eigenvalue weighted by molar-refractivity contribution is 7.80. The number of amidine groups is 1. The van der Waals surface area contributed by atoms with Gasteiger partial charge in [-0.3, -0.25) is 0 Å². The summed E-state index contributed by atoms with van der Waals surface area (Å²) in [5.74, 6) is 1.68. The van der Waals surface area contributed by atoms with Crippen molar-refractivity contribution < 1.29 is 9.47 Å². The quantitative estimate of drug-likeness (QED) is 0.727. The van der Waals surface area contributed by atoms with E-state index in [0.29, 0.717) is 11.7 Å². The highest BCUT2D eigenvalue weighted by Crippen LogP contribution is 2.44. The summed E-state index contributed by atoms with van der Waals surface area (Å²) in [6, 6.07) is 16.2. The first-order chi connectivity index (χ1) is 13.8. The number of rotatable bonds is 3. The van der Waals surface area contributed by atoms with E-state index in [2.05, 4.69) is 49.2 Å². The third-order valence-electron chi connectivity index (χ3n) is 5.70. The van der Waals surface area contributed by atoms with Crippen LogP contribution in [-0.4, -0.2) is 35.8 Å². The topological polar surface area (TPSA) is 46.1 Å². The van der Waals surface area contributed by atoms with E-state index >= 15 is 0 Å². The molecule has 152 valence electrons. The predicted molar refractivity (Wildman–Crippen MR) is 122 cm³/mol. The molecular formula is C23H27N3O2S. The van der Waals surface area contributed by atoms with Crippen LogP contribution >= 0.6 is 12.2 Å². The van der Waals surface area contributed by atoms with Crippen molar-refractivity contribution in [3.05, 3.63) is 54.1 Å². The number of methoxy groups -OCH3 is 1. The summed E-state index contributed by atoms with van der Waals surface area (Å²) in [5, 5.41) is 4.16. The fraction of sp³-hybridized carbons (Fsp3) is 0.391. The number of thiocarbonyl (C=S) groups is 1. The fourth-order valence-electron chi connectivity index (χ4n) is 4.36. The molecule has 1 saturated heterocycles. The van der Waals surface area contributed by atoms with Gasteiger partial charge in [-0.2, -0.15) is 0 Å². The van der Waals surface area contributed by atoms with Gasteiger partial charge in [0.15, 0.2) is 0 Å².